The quantitative estimate of drug-likeness (QED) is 0.443. The third-order valence-corrected chi connectivity index (χ3v) is 6.84. The van der Waals surface area contributed by atoms with Crippen molar-refractivity contribution >= 4 is 12.0 Å². The minimum absolute atomic E-state index is 0.505. The molecule has 3 aromatic rings. The summed E-state index contributed by atoms with van der Waals surface area (Å²) in [6.07, 6.45) is 3.49. The van der Waals surface area contributed by atoms with Crippen LogP contribution >= 0.6 is 0 Å². The van der Waals surface area contributed by atoms with Gasteiger partial charge < -0.3 is 14.4 Å². The topological polar surface area (TPSA) is 32.8 Å². The van der Waals surface area contributed by atoms with Gasteiger partial charge in [-0.25, -0.2) is 0 Å². The lowest BCUT2D eigenvalue weighted by atomic mass is 9.85. The molecule has 33 heavy (non-hydrogen) atoms. The number of ether oxygens (including phenoxy) is 1. The molecule has 4 nitrogen and oxygen atoms in total. The Bertz CT molecular complexity index is 1010. The van der Waals surface area contributed by atoms with Gasteiger partial charge in [0.05, 0.1) is 18.8 Å². The number of hydrogen-bond donors (Lipinski definition) is 0. The Morgan fingerprint density at radius 1 is 0.848 bits per heavy atom. The number of benzene rings is 3. The Hall–Kier alpha value is -2.95. The Morgan fingerprint density at radius 2 is 1.45 bits per heavy atom. The van der Waals surface area contributed by atoms with Crippen molar-refractivity contribution in [2.24, 2.45) is 0 Å². The van der Waals surface area contributed by atoms with Crippen LogP contribution < -0.4 is 4.90 Å². The van der Waals surface area contributed by atoms with E-state index in [-0.39, 0.29) is 0 Å². The third-order valence-electron chi connectivity index (χ3n) is 6.84. The summed E-state index contributed by atoms with van der Waals surface area (Å²) in [6, 6.07) is 27.8. The first-order valence-corrected chi connectivity index (χ1v) is 11.8. The molecular weight excluding hydrogens is 408 g/mol. The second kappa shape index (κ2) is 10.8. The average Bonchev–Trinajstić information content (AvgIpc) is 2.88. The summed E-state index contributed by atoms with van der Waals surface area (Å²) in [5, 5.41) is 0. The average molecular weight is 443 g/mol. The van der Waals surface area contributed by atoms with E-state index in [1.165, 1.54) is 27.9 Å². The first kappa shape index (κ1) is 23.2. The van der Waals surface area contributed by atoms with Gasteiger partial charge in [0.25, 0.3) is 0 Å². The zero-order chi connectivity index (χ0) is 23.1. The van der Waals surface area contributed by atoms with Gasteiger partial charge in [0.1, 0.15) is 6.29 Å². The van der Waals surface area contributed by atoms with Gasteiger partial charge in [0.15, 0.2) is 0 Å². The van der Waals surface area contributed by atoms with E-state index in [1.54, 1.807) is 0 Å². The Labute approximate surface area is 197 Å². The molecule has 1 aliphatic heterocycles. The van der Waals surface area contributed by atoms with Gasteiger partial charge in [-0.15, -0.1) is 0 Å². The van der Waals surface area contributed by atoms with Crippen molar-refractivity contribution < 1.29 is 9.53 Å². The highest BCUT2D eigenvalue weighted by molar-refractivity contribution is 5.67. The van der Waals surface area contributed by atoms with E-state index in [1.807, 2.05) is 32.3 Å². The van der Waals surface area contributed by atoms with Crippen molar-refractivity contribution in [2.75, 3.05) is 45.3 Å². The Kier molecular flexibility index (Phi) is 7.58. The molecule has 1 atom stereocenters. The van der Waals surface area contributed by atoms with Gasteiger partial charge in [-0.05, 0) is 67.7 Å². The van der Waals surface area contributed by atoms with Gasteiger partial charge in [-0.3, -0.25) is 4.90 Å². The smallest absolute Gasteiger partial charge is 0.140 e. The number of morpholine rings is 1. The lowest BCUT2D eigenvalue weighted by molar-refractivity contribution is -0.117. The zero-order valence-corrected chi connectivity index (χ0v) is 19.7. The van der Waals surface area contributed by atoms with Crippen LogP contribution in [0.4, 0.5) is 5.69 Å². The SMILES string of the molecule is CN(C)[C@@](C=O)(CCc1ccc(-c2ccc(N3CCOCC3)cc2)cc1)Cc1ccccc1. The van der Waals surface area contributed by atoms with Gasteiger partial charge in [0.2, 0.25) is 0 Å². The summed E-state index contributed by atoms with van der Waals surface area (Å²) < 4.78 is 5.45. The summed E-state index contributed by atoms with van der Waals surface area (Å²) >= 11 is 0. The molecule has 0 bridgehead atoms. The molecule has 1 saturated heterocycles. The molecule has 0 aromatic heterocycles. The summed E-state index contributed by atoms with van der Waals surface area (Å²) in [5.41, 5.74) is 5.63. The van der Waals surface area contributed by atoms with E-state index in [0.29, 0.717) is 0 Å². The lowest BCUT2D eigenvalue weighted by Crippen LogP contribution is -2.48. The number of aryl methyl sites for hydroxylation is 1. The molecule has 1 aliphatic rings. The van der Waals surface area contributed by atoms with Crippen LogP contribution in [0.3, 0.4) is 0 Å². The molecule has 3 aromatic carbocycles. The van der Waals surface area contributed by atoms with Gasteiger partial charge in [-0.1, -0.05) is 66.7 Å². The zero-order valence-electron chi connectivity index (χ0n) is 19.7. The highest BCUT2D eigenvalue weighted by atomic mass is 16.5. The van der Waals surface area contributed by atoms with Gasteiger partial charge in [0, 0.05) is 18.8 Å². The molecule has 0 aliphatic carbocycles. The number of carbonyl (C=O) groups is 1. The second-order valence-corrected chi connectivity index (χ2v) is 9.12. The third kappa shape index (κ3) is 5.70. The van der Waals surface area contributed by atoms with E-state index in [2.05, 4.69) is 70.5 Å². The van der Waals surface area contributed by atoms with Crippen molar-refractivity contribution in [3.63, 3.8) is 0 Å². The van der Waals surface area contributed by atoms with Crippen LogP contribution in [0.15, 0.2) is 78.9 Å². The number of carbonyl (C=O) groups excluding carboxylic acids is 1. The van der Waals surface area contributed by atoms with Crippen LogP contribution in [-0.2, 0) is 22.4 Å². The maximum absolute atomic E-state index is 12.2. The van der Waals surface area contributed by atoms with E-state index in [4.69, 9.17) is 4.74 Å². The fourth-order valence-electron chi connectivity index (χ4n) is 4.54. The standard InChI is InChI=1S/C29H34N2O2/c1-30(2)29(23-32,22-25-6-4-3-5-7-25)17-16-24-8-10-26(11-9-24)27-12-14-28(15-13-27)31-18-20-33-21-19-31/h3-15,23H,16-22H2,1-2H3/t29-/m0/s1. The maximum atomic E-state index is 12.2. The number of rotatable bonds is 9. The first-order valence-electron chi connectivity index (χ1n) is 11.8. The van der Waals surface area contributed by atoms with Crippen LogP contribution in [0.5, 0.6) is 0 Å². The predicted octanol–water partition coefficient (Wildman–Crippen LogP) is 4.86. The number of nitrogens with zero attached hydrogens (tertiary/aromatic N) is 2. The minimum atomic E-state index is -0.505. The maximum Gasteiger partial charge on any atom is 0.140 e. The van der Waals surface area contributed by atoms with Gasteiger partial charge >= 0.3 is 0 Å². The number of likely N-dealkylation sites (N-methyl/N-ethyl adjacent to an activating group) is 1. The van der Waals surface area contributed by atoms with Crippen molar-refractivity contribution in [2.45, 2.75) is 24.8 Å². The van der Waals surface area contributed by atoms with Crippen LogP contribution in [0.2, 0.25) is 0 Å². The van der Waals surface area contributed by atoms with Crippen molar-refractivity contribution in [3.05, 3.63) is 90.0 Å². The first-order chi connectivity index (χ1) is 16.1. The highest BCUT2D eigenvalue weighted by Crippen LogP contribution is 2.26. The van der Waals surface area contributed by atoms with Crippen LogP contribution in [0.25, 0.3) is 11.1 Å². The molecule has 4 rings (SSSR count). The molecule has 0 N–H and O–H groups in total. The Morgan fingerprint density at radius 3 is 2.03 bits per heavy atom. The van der Waals surface area contributed by atoms with E-state index >= 15 is 0 Å². The van der Waals surface area contributed by atoms with Crippen LogP contribution in [-0.4, -0.2) is 57.1 Å². The van der Waals surface area contributed by atoms with E-state index in [0.717, 1.165) is 51.9 Å². The predicted molar refractivity (Wildman–Crippen MR) is 136 cm³/mol. The summed E-state index contributed by atoms with van der Waals surface area (Å²) in [5.74, 6) is 0. The van der Waals surface area contributed by atoms with Gasteiger partial charge in [-0.2, -0.15) is 0 Å². The summed E-state index contributed by atoms with van der Waals surface area (Å²) in [4.78, 5) is 16.7. The molecule has 0 unspecified atom stereocenters. The molecule has 0 spiro atoms. The van der Waals surface area contributed by atoms with Crippen molar-refractivity contribution in [1.82, 2.24) is 4.90 Å². The van der Waals surface area contributed by atoms with E-state index in [9.17, 15) is 4.79 Å². The number of hydrogen-bond acceptors (Lipinski definition) is 4. The molecule has 172 valence electrons. The van der Waals surface area contributed by atoms with Crippen molar-refractivity contribution in [3.8, 4) is 11.1 Å². The van der Waals surface area contributed by atoms with Crippen LogP contribution in [0.1, 0.15) is 17.5 Å². The minimum Gasteiger partial charge on any atom is -0.378 e. The molecule has 1 heterocycles. The lowest BCUT2D eigenvalue weighted by Gasteiger charge is -2.35. The normalized spacial score (nSPS) is 15.9. The largest absolute Gasteiger partial charge is 0.378 e. The number of anilines is 1. The monoisotopic (exact) mass is 442 g/mol. The second-order valence-electron chi connectivity index (χ2n) is 9.12. The highest BCUT2D eigenvalue weighted by Gasteiger charge is 2.32. The summed E-state index contributed by atoms with van der Waals surface area (Å²) in [7, 11) is 4.00. The molecule has 0 radical (unpaired) electrons. The van der Waals surface area contributed by atoms with Crippen LogP contribution in [0, 0.1) is 0 Å². The fraction of sp³-hybridized carbons (Fsp3) is 0.345. The fourth-order valence-corrected chi connectivity index (χ4v) is 4.54. The molecule has 0 amide bonds. The summed E-state index contributed by atoms with van der Waals surface area (Å²) in [6.45, 7) is 3.50. The molecule has 1 fully saturated rings. The van der Waals surface area contributed by atoms with Crippen molar-refractivity contribution in [1.29, 1.82) is 0 Å². The van der Waals surface area contributed by atoms with E-state index < -0.39 is 5.54 Å². The molecule has 0 saturated carbocycles. The molecule has 4 heteroatoms. The number of aldehydes is 1. The Balaban J connectivity index is 1.41. The molecular formula is C29H34N2O2.